The van der Waals surface area contributed by atoms with E-state index in [-0.39, 0.29) is 24.7 Å². The molecule has 0 radical (unpaired) electrons. The summed E-state index contributed by atoms with van der Waals surface area (Å²) >= 11 is 1.48. The maximum absolute atomic E-state index is 13.7. The lowest BCUT2D eigenvalue weighted by molar-refractivity contribution is -0.142. The molecule has 0 bridgehead atoms. The van der Waals surface area contributed by atoms with Crippen molar-refractivity contribution in [3.8, 4) is 0 Å². The van der Waals surface area contributed by atoms with Crippen molar-refractivity contribution in [2.24, 2.45) is 5.92 Å². The van der Waals surface area contributed by atoms with Gasteiger partial charge in [0.25, 0.3) is 0 Å². The van der Waals surface area contributed by atoms with Gasteiger partial charge in [-0.15, -0.1) is 0 Å². The molecule has 9 nitrogen and oxygen atoms in total. The molecule has 0 fully saturated rings. The van der Waals surface area contributed by atoms with Gasteiger partial charge >= 0.3 is 12.0 Å². The van der Waals surface area contributed by atoms with E-state index in [0.29, 0.717) is 17.1 Å². The Morgan fingerprint density at radius 3 is 2.33 bits per heavy atom. The molecule has 1 aliphatic heterocycles. The first kappa shape index (κ1) is 27.1. The molecule has 0 aromatic heterocycles. The summed E-state index contributed by atoms with van der Waals surface area (Å²) in [5.41, 5.74) is 1.82. The first-order valence-corrected chi connectivity index (χ1v) is 13.2. The van der Waals surface area contributed by atoms with Crippen LogP contribution in [0.2, 0.25) is 0 Å². The second-order valence-corrected chi connectivity index (χ2v) is 9.92. The van der Waals surface area contributed by atoms with Gasteiger partial charge < -0.3 is 21.1 Å². The number of urea groups is 1. The number of carbonyl (C=O) groups is 4. The smallest absolute Gasteiger partial charge is 0.326 e. The minimum absolute atomic E-state index is 0.154. The topological polar surface area (TPSA) is 128 Å². The maximum atomic E-state index is 13.7. The van der Waals surface area contributed by atoms with E-state index in [4.69, 9.17) is 0 Å². The van der Waals surface area contributed by atoms with Crippen molar-refractivity contribution in [3.05, 3.63) is 60.2 Å². The number of amides is 4. The Bertz CT molecular complexity index is 1090. The quantitative estimate of drug-likeness (QED) is 0.387. The van der Waals surface area contributed by atoms with Crippen LogP contribution in [0.25, 0.3) is 0 Å². The Labute approximate surface area is 215 Å². The maximum Gasteiger partial charge on any atom is 0.326 e. The largest absolute Gasteiger partial charge is 0.480 e. The average Bonchev–Trinajstić information content (AvgIpc) is 2.85. The van der Waals surface area contributed by atoms with Crippen LogP contribution in [0.5, 0.6) is 0 Å². The predicted molar refractivity (Wildman–Crippen MR) is 141 cm³/mol. The number of nitrogens with one attached hydrogen (secondary N) is 3. The molecule has 192 valence electrons. The lowest BCUT2D eigenvalue weighted by Gasteiger charge is -2.39. The molecule has 2 aromatic carbocycles. The molecule has 0 aliphatic carbocycles. The molecule has 1 heterocycles. The zero-order valence-electron chi connectivity index (χ0n) is 20.6. The van der Waals surface area contributed by atoms with Gasteiger partial charge in [-0.1, -0.05) is 56.3 Å². The van der Waals surface area contributed by atoms with Gasteiger partial charge in [-0.2, -0.15) is 11.8 Å². The molecule has 36 heavy (non-hydrogen) atoms. The Morgan fingerprint density at radius 2 is 1.69 bits per heavy atom. The molecular formula is C26H32N4O5S. The normalized spacial score (nSPS) is 16.5. The van der Waals surface area contributed by atoms with Crippen molar-refractivity contribution in [2.75, 3.05) is 22.2 Å². The average molecular weight is 513 g/mol. The van der Waals surface area contributed by atoms with E-state index in [0.717, 1.165) is 5.56 Å². The number of rotatable bonds is 10. The van der Waals surface area contributed by atoms with Crippen molar-refractivity contribution in [1.82, 2.24) is 10.6 Å². The molecule has 0 saturated carbocycles. The van der Waals surface area contributed by atoms with Gasteiger partial charge in [0.15, 0.2) is 0 Å². The molecule has 0 saturated heterocycles. The summed E-state index contributed by atoms with van der Waals surface area (Å²) < 4.78 is 0. The number of aliphatic carboxylic acids is 1. The monoisotopic (exact) mass is 512 g/mol. The van der Waals surface area contributed by atoms with E-state index in [9.17, 15) is 24.3 Å². The van der Waals surface area contributed by atoms with Gasteiger partial charge in [-0.25, -0.2) is 9.59 Å². The first-order valence-electron chi connectivity index (χ1n) is 11.8. The third-order valence-electron chi connectivity index (χ3n) is 5.94. The molecule has 3 rings (SSSR count). The van der Waals surface area contributed by atoms with Gasteiger partial charge in [0, 0.05) is 6.42 Å². The first-order chi connectivity index (χ1) is 17.2. The van der Waals surface area contributed by atoms with E-state index in [1.165, 1.54) is 16.7 Å². The van der Waals surface area contributed by atoms with Crippen LogP contribution in [0, 0.1) is 5.92 Å². The van der Waals surface area contributed by atoms with Gasteiger partial charge in [-0.3, -0.25) is 14.5 Å². The summed E-state index contributed by atoms with van der Waals surface area (Å²) in [6, 6.07) is 12.6. The molecule has 3 atom stereocenters. The number of carbonyl (C=O) groups excluding carboxylic acids is 3. The highest BCUT2D eigenvalue weighted by atomic mass is 32.2. The number of hydrogen-bond donors (Lipinski definition) is 4. The molecule has 1 aliphatic rings. The SMILES string of the molecule is CSCC[C@H](NC(=O)[C@@H](Cc1ccccc1)NC(=O)N1c2ccccc2NC(=O)[C@@H]1C(C)C)C(=O)O. The number of para-hydroxylation sites is 2. The third kappa shape index (κ3) is 6.57. The number of thioether (sulfide) groups is 1. The summed E-state index contributed by atoms with van der Waals surface area (Å²) in [6.45, 7) is 3.69. The van der Waals surface area contributed by atoms with Crippen molar-refractivity contribution in [1.29, 1.82) is 0 Å². The van der Waals surface area contributed by atoms with Crippen LogP contribution in [0.1, 0.15) is 25.8 Å². The Hall–Kier alpha value is -3.53. The Morgan fingerprint density at radius 1 is 1.03 bits per heavy atom. The summed E-state index contributed by atoms with van der Waals surface area (Å²) in [6.07, 6.45) is 2.27. The van der Waals surface area contributed by atoms with Crippen LogP contribution < -0.4 is 20.9 Å². The molecule has 0 spiro atoms. The summed E-state index contributed by atoms with van der Waals surface area (Å²) in [5, 5.41) is 17.8. The highest BCUT2D eigenvalue weighted by molar-refractivity contribution is 7.98. The van der Waals surface area contributed by atoms with Crippen LogP contribution in [-0.2, 0) is 20.8 Å². The minimum Gasteiger partial charge on any atom is -0.480 e. The van der Waals surface area contributed by atoms with Gasteiger partial charge in [0.05, 0.1) is 11.4 Å². The van der Waals surface area contributed by atoms with E-state index in [1.807, 2.05) is 50.4 Å². The minimum atomic E-state index is -1.14. The van der Waals surface area contributed by atoms with Crippen molar-refractivity contribution >= 4 is 47.0 Å². The van der Waals surface area contributed by atoms with Crippen LogP contribution in [0.4, 0.5) is 16.2 Å². The van der Waals surface area contributed by atoms with E-state index < -0.39 is 36.0 Å². The standard InChI is InChI=1S/C26H32N4O5S/c1-16(2)22-24(32)27-18-11-7-8-12-21(18)30(22)26(35)29-20(15-17-9-5-4-6-10-17)23(31)28-19(25(33)34)13-14-36-3/h4-12,16,19-20,22H,13-15H2,1-3H3,(H,27,32)(H,28,31)(H,29,35)(H,33,34)/t19-,20+,22-/m0/s1. The Balaban J connectivity index is 1.90. The highest BCUT2D eigenvalue weighted by Gasteiger charge is 2.40. The fourth-order valence-electron chi connectivity index (χ4n) is 4.14. The molecule has 4 amide bonds. The highest BCUT2D eigenvalue weighted by Crippen LogP contribution is 2.34. The van der Waals surface area contributed by atoms with Crippen molar-refractivity contribution in [3.63, 3.8) is 0 Å². The van der Waals surface area contributed by atoms with Crippen molar-refractivity contribution in [2.45, 2.75) is 44.8 Å². The summed E-state index contributed by atoms with van der Waals surface area (Å²) in [4.78, 5) is 52.9. The van der Waals surface area contributed by atoms with Crippen LogP contribution in [0.15, 0.2) is 54.6 Å². The molecular weight excluding hydrogens is 480 g/mol. The predicted octanol–water partition coefficient (Wildman–Crippen LogP) is 3.11. The van der Waals surface area contributed by atoms with Gasteiger partial charge in [-0.05, 0) is 42.0 Å². The molecule has 0 unspecified atom stereocenters. The number of carboxylic acids is 1. The zero-order valence-corrected chi connectivity index (χ0v) is 21.4. The Kier molecular flexibility index (Phi) is 9.35. The third-order valence-corrected chi connectivity index (χ3v) is 6.58. The van der Waals surface area contributed by atoms with Crippen molar-refractivity contribution < 1.29 is 24.3 Å². The number of anilines is 2. The molecule has 10 heteroatoms. The zero-order chi connectivity index (χ0) is 26.2. The van der Waals surface area contributed by atoms with E-state index in [1.54, 1.807) is 24.3 Å². The number of benzene rings is 2. The van der Waals surface area contributed by atoms with Crippen LogP contribution >= 0.6 is 11.8 Å². The van der Waals surface area contributed by atoms with E-state index in [2.05, 4.69) is 16.0 Å². The van der Waals surface area contributed by atoms with E-state index >= 15 is 0 Å². The number of nitrogens with zero attached hydrogens (tertiary/aromatic N) is 1. The van der Waals surface area contributed by atoms with Crippen LogP contribution in [-0.4, -0.2) is 59.1 Å². The second kappa shape index (κ2) is 12.4. The second-order valence-electron chi connectivity index (χ2n) is 8.94. The summed E-state index contributed by atoms with van der Waals surface area (Å²) in [5.74, 6) is -1.69. The lowest BCUT2D eigenvalue weighted by atomic mass is 9.98. The lowest BCUT2D eigenvalue weighted by Crippen LogP contribution is -2.60. The van der Waals surface area contributed by atoms with Crippen LogP contribution in [0.3, 0.4) is 0 Å². The number of carboxylic acid groups (broad SMARTS) is 1. The number of fused-ring (bicyclic) bond motifs is 1. The fourth-order valence-corrected chi connectivity index (χ4v) is 4.61. The fraction of sp³-hybridized carbons (Fsp3) is 0.385. The summed E-state index contributed by atoms with van der Waals surface area (Å²) in [7, 11) is 0. The number of hydrogen-bond acceptors (Lipinski definition) is 5. The van der Waals surface area contributed by atoms with Gasteiger partial charge in [0.1, 0.15) is 18.1 Å². The van der Waals surface area contributed by atoms with Gasteiger partial charge in [0.2, 0.25) is 11.8 Å². The molecule has 4 N–H and O–H groups in total. The molecule has 2 aromatic rings.